The third-order valence-corrected chi connectivity index (χ3v) is 4.08. The van der Waals surface area contributed by atoms with Crippen LogP contribution in [0.1, 0.15) is 29.6 Å². The Hall–Kier alpha value is -2.27. The molecule has 0 saturated heterocycles. The molecule has 1 fully saturated rings. The zero-order valence-corrected chi connectivity index (χ0v) is 12.5. The molecular weight excluding hydrogens is 278 g/mol. The van der Waals surface area contributed by atoms with Crippen molar-refractivity contribution in [1.29, 1.82) is 0 Å². The summed E-state index contributed by atoms with van der Waals surface area (Å²) in [6.45, 7) is 0. The molecule has 3 rings (SSSR count). The van der Waals surface area contributed by atoms with E-state index in [1.165, 1.54) is 6.33 Å². The van der Waals surface area contributed by atoms with E-state index in [4.69, 9.17) is 4.74 Å². The molecule has 2 aromatic rings. The highest BCUT2D eigenvalue weighted by Crippen LogP contribution is 2.24. The first-order valence-corrected chi connectivity index (χ1v) is 7.48. The van der Waals surface area contributed by atoms with Gasteiger partial charge in [0.1, 0.15) is 6.33 Å². The standard InChI is InChI=1S/C17H19N3O2/c1-22-15-9-5-8-14(15)20-17(21)13-10-18-11-19-16(13)12-6-3-2-4-7-12/h2-4,6-7,10-11,14-15H,5,8-9H2,1H3,(H,20,21)/t14-,15-/m1/s1. The Labute approximate surface area is 129 Å². The molecule has 0 aliphatic heterocycles. The van der Waals surface area contributed by atoms with Gasteiger partial charge in [0.25, 0.3) is 5.91 Å². The molecule has 0 radical (unpaired) electrons. The average molecular weight is 297 g/mol. The Morgan fingerprint density at radius 1 is 1.27 bits per heavy atom. The lowest BCUT2D eigenvalue weighted by Crippen LogP contribution is -2.41. The van der Waals surface area contributed by atoms with E-state index in [9.17, 15) is 4.79 Å². The number of hydrogen-bond acceptors (Lipinski definition) is 4. The van der Waals surface area contributed by atoms with E-state index in [1.807, 2.05) is 30.3 Å². The molecule has 1 saturated carbocycles. The molecule has 1 aliphatic carbocycles. The summed E-state index contributed by atoms with van der Waals surface area (Å²) in [6, 6.07) is 9.72. The lowest BCUT2D eigenvalue weighted by Gasteiger charge is -2.20. The third-order valence-electron chi connectivity index (χ3n) is 4.08. The van der Waals surface area contributed by atoms with Crippen LogP contribution in [0, 0.1) is 0 Å². The van der Waals surface area contributed by atoms with Crippen molar-refractivity contribution in [3.8, 4) is 11.3 Å². The first-order valence-electron chi connectivity index (χ1n) is 7.48. The van der Waals surface area contributed by atoms with Gasteiger partial charge in [-0.2, -0.15) is 0 Å². The van der Waals surface area contributed by atoms with E-state index in [0.29, 0.717) is 11.3 Å². The zero-order chi connectivity index (χ0) is 15.4. The molecule has 1 amide bonds. The maximum Gasteiger partial charge on any atom is 0.255 e. The van der Waals surface area contributed by atoms with Gasteiger partial charge in [0.2, 0.25) is 0 Å². The summed E-state index contributed by atoms with van der Waals surface area (Å²) < 4.78 is 5.43. The number of carbonyl (C=O) groups excluding carboxylic acids is 1. The van der Waals surface area contributed by atoms with Gasteiger partial charge in [-0.1, -0.05) is 30.3 Å². The number of nitrogens with one attached hydrogen (secondary N) is 1. The molecule has 1 N–H and O–H groups in total. The Morgan fingerprint density at radius 2 is 2.09 bits per heavy atom. The van der Waals surface area contributed by atoms with Gasteiger partial charge >= 0.3 is 0 Å². The Bertz CT molecular complexity index is 645. The topological polar surface area (TPSA) is 64.1 Å². The number of aromatic nitrogens is 2. The zero-order valence-electron chi connectivity index (χ0n) is 12.5. The smallest absolute Gasteiger partial charge is 0.255 e. The normalized spacial score (nSPS) is 20.8. The number of nitrogens with zero attached hydrogens (tertiary/aromatic N) is 2. The largest absolute Gasteiger partial charge is 0.379 e. The number of amides is 1. The number of methoxy groups -OCH3 is 1. The minimum Gasteiger partial charge on any atom is -0.379 e. The van der Waals surface area contributed by atoms with Gasteiger partial charge in [-0.15, -0.1) is 0 Å². The summed E-state index contributed by atoms with van der Waals surface area (Å²) >= 11 is 0. The number of benzene rings is 1. The lowest BCUT2D eigenvalue weighted by molar-refractivity contribution is 0.0722. The molecule has 1 aromatic heterocycles. The molecule has 1 heterocycles. The van der Waals surface area contributed by atoms with Crippen LogP contribution in [0.25, 0.3) is 11.3 Å². The van der Waals surface area contributed by atoms with Gasteiger partial charge in [-0.25, -0.2) is 9.97 Å². The van der Waals surface area contributed by atoms with E-state index in [-0.39, 0.29) is 18.1 Å². The van der Waals surface area contributed by atoms with Gasteiger partial charge in [0, 0.05) is 18.9 Å². The van der Waals surface area contributed by atoms with Crippen molar-refractivity contribution in [2.45, 2.75) is 31.4 Å². The van der Waals surface area contributed by atoms with Crippen LogP contribution < -0.4 is 5.32 Å². The van der Waals surface area contributed by atoms with Crippen molar-refractivity contribution < 1.29 is 9.53 Å². The Kier molecular flexibility index (Phi) is 4.44. The molecule has 1 aromatic carbocycles. The second-order valence-corrected chi connectivity index (χ2v) is 5.44. The van der Waals surface area contributed by atoms with Crippen LogP contribution >= 0.6 is 0 Å². The maximum absolute atomic E-state index is 12.6. The highest BCUT2D eigenvalue weighted by atomic mass is 16.5. The summed E-state index contributed by atoms with van der Waals surface area (Å²) in [4.78, 5) is 20.9. The fourth-order valence-corrected chi connectivity index (χ4v) is 2.94. The van der Waals surface area contributed by atoms with Crippen LogP contribution in [-0.4, -0.2) is 35.1 Å². The SMILES string of the molecule is CO[C@@H]1CCC[C@H]1NC(=O)c1cncnc1-c1ccccc1. The summed E-state index contributed by atoms with van der Waals surface area (Å²) in [7, 11) is 1.69. The monoisotopic (exact) mass is 297 g/mol. The first kappa shape index (κ1) is 14.7. The molecule has 114 valence electrons. The van der Waals surface area contributed by atoms with E-state index < -0.39 is 0 Å². The molecule has 0 bridgehead atoms. The predicted molar refractivity (Wildman–Crippen MR) is 83.4 cm³/mol. The van der Waals surface area contributed by atoms with Gasteiger partial charge < -0.3 is 10.1 Å². The Morgan fingerprint density at radius 3 is 2.86 bits per heavy atom. The fourth-order valence-electron chi connectivity index (χ4n) is 2.94. The van der Waals surface area contributed by atoms with Crippen molar-refractivity contribution in [1.82, 2.24) is 15.3 Å². The highest BCUT2D eigenvalue weighted by Gasteiger charge is 2.29. The van der Waals surface area contributed by atoms with Gasteiger partial charge in [-0.3, -0.25) is 4.79 Å². The second-order valence-electron chi connectivity index (χ2n) is 5.44. The van der Waals surface area contributed by atoms with E-state index >= 15 is 0 Å². The molecule has 5 nitrogen and oxygen atoms in total. The van der Waals surface area contributed by atoms with Crippen molar-refractivity contribution in [2.24, 2.45) is 0 Å². The van der Waals surface area contributed by atoms with E-state index in [2.05, 4.69) is 15.3 Å². The maximum atomic E-state index is 12.6. The quantitative estimate of drug-likeness (QED) is 0.941. The van der Waals surface area contributed by atoms with Crippen LogP contribution in [0.5, 0.6) is 0 Å². The predicted octanol–water partition coefficient (Wildman–Crippen LogP) is 2.44. The number of hydrogen-bond donors (Lipinski definition) is 1. The van der Waals surface area contributed by atoms with Gasteiger partial charge in [0.05, 0.1) is 23.4 Å². The van der Waals surface area contributed by atoms with Crippen LogP contribution in [0.3, 0.4) is 0 Å². The van der Waals surface area contributed by atoms with Crippen LogP contribution in [0.4, 0.5) is 0 Å². The summed E-state index contributed by atoms with van der Waals surface area (Å²) in [6.07, 6.45) is 6.12. The van der Waals surface area contributed by atoms with Crippen molar-refractivity contribution >= 4 is 5.91 Å². The third kappa shape index (κ3) is 2.99. The molecule has 0 unspecified atom stereocenters. The summed E-state index contributed by atoms with van der Waals surface area (Å²) in [5, 5.41) is 3.06. The van der Waals surface area contributed by atoms with E-state index in [1.54, 1.807) is 13.3 Å². The first-order chi connectivity index (χ1) is 10.8. The highest BCUT2D eigenvalue weighted by molar-refractivity contribution is 5.99. The minimum atomic E-state index is -0.145. The lowest BCUT2D eigenvalue weighted by atomic mass is 10.1. The number of ether oxygens (including phenoxy) is 1. The number of carbonyl (C=O) groups is 1. The average Bonchev–Trinajstić information content (AvgIpc) is 3.03. The molecule has 0 spiro atoms. The summed E-state index contributed by atoms with van der Waals surface area (Å²) in [5.41, 5.74) is 2.06. The molecule has 22 heavy (non-hydrogen) atoms. The van der Waals surface area contributed by atoms with Crippen molar-refractivity contribution in [2.75, 3.05) is 7.11 Å². The van der Waals surface area contributed by atoms with E-state index in [0.717, 1.165) is 24.8 Å². The number of rotatable bonds is 4. The van der Waals surface area contributed by atoms with Crippen molar-refractivity contribution in [3.63, 3.8) is 0 Å². The molecule has 1 aliphatic rings. The van der Waals surface area contributed by atoms with Crippen LogP contribution in [-0.2, 0) is 4.74 Å². The van der Waals surface area contributed by atoms with Gasteiger partial charge in [-0.05, 0) is 19.3 Å². The second kappa shape index (κ2) is 6.66. The van der Waals surface area contributed by atoms with Crippen molar-refractivity contribution in [3.05, 3.63) is 48.4 Å². The fraction of sp³-hybridized carbons (Fsp3) is 0.353. The molecule has 2 atom stereocenters. The summed E-state index contributed by atoms with van der Waals surface area (Å²) in [5.74, 6) is -0.145. The molecule has 5 heteroatoms. The minimum absolute atomic E-state index is 0.0568. The van der Waals surface area contributed by atoms with Crippen LogP contribution in [0.15, 0.2) is 42.9 Å². The molecular formula is C17H19N3O2. The Balaban J connectivity index is 1.84. The van der Waals surface area contributed by atoms with Crippen LogP contribution in [0.2, 0.25) is 0 Å². The van der Waals surface area contributed by atoms with Gasteiger partial charge in [0.15, 0.2) is 0 Å².